The molecule has 0 amide bonds. The van der Waals surface area contributed by atoms with E-state index in [1.54, 1.807) is 0 Å². The van der Waals surface area contributed by atoms with Crippen molar-refractivity contribution in [1.29, 1.82) is 0 Å². The maximum Gasteiger partial charge on any atom is 0.126 e. The normalized spacial score (nSPS) is 15.9. The zero-order valence-corrected chi connectivity index (χ0v) is 10.7. The van der Waals surface area contributed by atoms with Crippen LogP contribution in [0.1, 0.15) is 63.6 Å². The van der Waals surface area contributed by atoms with Crippen molar-refractivity contribution in [2.24, 2.45) is 0 Å². The van der Waals surface area contributed by atoms with E-state index in [-0.39, 0.29) is 0 Å². The summed E-state index contributed by atoms with van der Waals surface area (Å²) in [6.45, 7) is 8.80. The van der Waals surface area contributed by atoms with E-state index in [0.29, 0.717) is 17.9 Å². The SMILES string of the molecule is CC(C)c1nccc(OC2CC2)c1C(C)C. The Bertz CT molecular complexity index is 367. The average Bonchev–Trinajstić information content (AvgIpc) is 3.00. The fourth-order valence-corrected chi connectivity index (χ4v) is 1.98. The zero-order valence-electron chi connectivity index (χ0n) is 10.7. The van der Waals surface area contributed by atoms with Gasteiger partial charge in [-0.05, 0) is 30.7 Å². The molecule has 0 unspecified atom stereocenters. The average molecular weight is 219 g/mol. The summed E-state index contributed by atoms with van der Waals surface area (Å²) in [6.07, 6.45) is 4.74. The van der Waals surface area contributed by atoms with Crippen molar-refractivity contribution in [2.45, 2.75) is 58.5 Å². The standard InChI is InChI=1S/C14H21NO/c1-9(2)13-12(16-11-5-6-11)7-8-15-14(13)10(3)4/h7-11H,5-6H2,1-4H3. The summed E-state index contributed by atoms with van der Waals surface area (Å²) in [5, 5.41) is 0. The van der Waals surface area contributed by atoms with Crippen molar-refractivity contribution in [1.82, 2.24) is 4.98 Å². The predicted molar refractivity (Wildman–Crippen MR) is 66.1 cm³/mol. The Labute approximate surface area is 98.0 Å². The molecule has 1 aliphatic carbocycles. The summed E-state index contributed by atoms with van der Waals surface area (Å²) < 4.78 is 5.97. The lowest BCUT2D eigenvalue weighted by molar-refractivity contribution is 0.297. The highest BCUT2D eigenvalue weighted by atomic mass is 16.5. The van der Waals surface area contributed by atoms with E-state index in [1.165, 1.54) is 24.1 Å². The molecule has 0 radical (unpaired) electrons. The van der Waals surface area contributed by atoms with Gasteiger partial charge in [-0.25, -0.2) is 0 Å². The number of ether oxygens (including phenoxy) is 1. The summed E-state index contributed by atoms with van der Waals surface area (Å²) in [5.41, 5.74) is 2.48. The predicted octanol–water partition coefficient (Wildman–Crippen LogP) is 3.87. The van der Waals surface area contributed by atoms with Gasteiger partial charge in [0.1, 0.15) is 5.75 Å². The van der Waals surface area contributed by atoms with Gasteiger partial charge in [0.15, 0.2) is 0 Å². The Morgan fingerprint density at radius 1 is 1.19 bits per heavy atom. The number of hydrogen-bond acceptors (Lipinski definition) is 2. The molecule has 0 spiro atoms. The topological polar surface area (TPSA) is 22.1 Å². The lowest BCUT2D eigenvalue weighted by Crippen LogP contribution is -2.07. The first-order valence-corrected chi connectivity index (χ1v) is 6.25. The molecular formula is C14H21NO. The minimum absolute atomic E-state index is 0.458. The van der Waals surface area contributed by atoms with Crippen LogP contribution >= 0.6 is 0 Å². The van der Waals surface area contributed by atoms with Gasteiger partial charge in [-0.3, -0.25) is 4.98 Å². The smallest absolute Gasteiger partial charge is 0.126 e. The van der Waals surface area contributed by atoms with Crippen LogP contribution in [0.4, 0.5) is 0 Å². The fraction of sp³-hybridized carbons (Fsp3) is 0.643. The van der Waals surface area contributed by atoms with Crippen molar-refractivity contribution >= 4 is 0 Å². The fourth-order valence-electron chi connectivity index (χ4n) is 1.98. The first kappa shape index (κ1) is 11.4. The third-order valence-electron chi connectivity index (χ3n) is 2.92. The number of hydrogen-bond donors (Lipinski definition) is 0. The maximum absolute atomic E-state index is 5.97. The Morgan fingerprint density at radius 2 is 1.88 bits per heavy atom. The van der Waals surface area contributed by atoms with E-state index in [2.05, 4.69) is 32.7 Å². The van der Waals surface area contributed by atoms with Crippen molar-refractivity contribution < 1.29 is 4.74 Å². The van der Waals surface area contributed by atoms with E-state index in [4.69, 9.17) is 4.74 Å². The monoisotopic (exact) mass is 219 g/mol. The first-order valence-electron chi connectivity index (χ1n) is 6.25. The van der Waals surface area contributed by atoms with Crippen LogP contribution in [0.15, 0.2) is 12.3 Å². The molecule has 0 saturated heterocycles. The molecule has 16 heavy (non-hydrogen) atoms. The van der Waals surface area contributed by atoms with E-state index in [9.17, 15) is 0 Å². The molecule has 0 bridgehead atoms. The molecule has 1 fully saturated rings. The molecule has 1 aliphatic rings. The summed E-state index contributed by atoms with van der Waals surface area (Å²) in [7, 11) is 0. The third-order valence-corrected chi connectivity index (χ3v) is 2.92. The highest BCUT2D eigenvalue weighted by molar-refractivity contribution is 5.40. The van der Waals surface area contributed by atoms with E-state index >= 15 is 0 Å². The zero-order chi connectivity index (χ0) is 11.7. The quantitative estimate of drug-likeness (QED) is 0.767. The molecule has 1 aromatic heterocycles. The lowest BCUT2D eigenvalue weighted by Gasteiger charge is -2.19. The molecule has 2 heteroatoms. The van der Waals surface area contributed by atoms with Gasteiger partial charge >= 0.3 is 0 Å². The molecule has 0 aliphatic heterocycles. The van der Waals surface area contributed by atoms with Gasteiger partial charge in [0.05, 0.1) is 6.10 Å². The summed E-state index contributed by atoms with van der Waals surface area (Å²) >= 11 is 0. The number of pyridine rings is 1. The van der Waals surface area contributed by atoms with Crippen LogP contribution in [0.3, 0.4) is 0 Å². The van der Waals surface area contributed by atoms with E-state index < -0.39 is 0 Å². The minimum Gasteiger partial charge on any atom is -0.490 e. The number of aromatic nitrogens is 1. The Balaban J connectivity index is 2.37. The van der Waals surface area contributed by atoms with Crippen LogP contribution in [0.25, 0.3) is 0 Å². The van der Waals surface area contributed by atoms with Gasteiger partial charge in [0.25, 0.3) is 0 Å². The van der Waals surface area contributed by atoms with Gasteiger partial charge in [0, 0.05) is 17.5 Å². The van der Waals surface area contributed by atoms with Crippen molar-refractivity contribution in [3.63, 3.8) is 0 Å². The number of rotatable bonds is 4. The molecule has 0 N–H and O–H groups in total. The summed E-state index contributed by atoms with van der Waals surface area (Å²) in [6, 6.07) is 2.01. The molecule has 1 saturated carbocycles. The maximum atomic E-state index is 5.97. The Kier molecular flexibility index (Phi) is 3.17. The van der Waals surface area contributed by atoms with Crippen LogP contribution in [0, 0.1) is 0 Å². The van der Waals surface area contributed by atoms with Gasteiger partial charge < -0.3 is 4.74 Å². The van der Waals surface area contributed by atoms with Crippen LogP contribution in [0.2, 0.25) is 0 Å². The van der Waals surface area contributed by atoms with Crippen molar-refractivity contribution in [3.8, 4) is 5.75 Å². The molecule has 88 valence electrons. The minimum atomic E-state index is 0.458. The highest BCUT2D eigenvalue weighted by Crippen LogP contribution is 2.35. The van der Waals surface area contributed by atoms with E-state index in [1.807, 2.05) is 12.3 Å². The molecule has 2 rings (SSSR count). The van der Waals surface area contributed by atoms with Gasteiger partial charge in [-0.1, -0.05) is 27.7 Å². The number of nitrogens with zero attached hydrogens (tertiary/aromatic N) is 1. The van der Waals surface area contributed by atoms with Gasteiger partial charge in [-0.15, -0.1) is 0 Å². The highest BCUT2D eigenvalue weighted by Gasteiger charge is 2.26. The van der Waals surface area contributed by atoms with Gasteiger partial charge in [-0.2, -0.15) is 0 Å². The largest absolute Gasteiger partial charge is 0.490 e. The van der Waals surface area contributed by atoms with E-state index in [0.717, 1.165) is 5.75 Å². The third kappa shape index (κ3) is 2.37. The van der Waals surface area contributed by atoms with Crippen LogP contribution in [-0.2, 0) is 0 Å². The van der Waals surface area contributed by atoms with Crippen LogP contribution in [0.5, 0.6) is 5.75 Å². The first-order chi connectivity index (χ1) is 7.59. The second-order valence-corrected chi connectivity index (χ2v) is 5.23. The van der Waals surface area contributed by atoms with Crippen molar-refractivity contribution in [3.05, 3.63) is 23.5 Å². The molecule has 0 aromatic carbocycles. The summed E-state index contributed by atoms with van der Waals surface area (Å²) in [5.74, 6) is 1.98. The van der Waals surface area contributed by atoms with Crippen molar-refractivity contribution in [2.75, 3.05) is 0 Å². The molecule has 2 nitrogen and oxygen atoms in total. The Morgan fingerprint density at radius 3 is 2.38 bits per heavy atom. The lowest BCUT2D eigenvalue weighted by atomic mass is 9.94. The van der Waals surface area contributed by atoms with Crippen LogP contribution < -0.4 is 4.74 Å². The molecular weight excluding hydrogens is 198 g/mol. The molecule has 0 atom stereocenters. The second-order valence-electron chi connectivity index (χ2n) is 5.23. The summed E-state index contributed by atoms with van der Waals surface area (Å²) in [4.78, 5) is 4.51. The second kappa shape index (κ2) is 4.44. The Hall–Kier alpha value is -1.05. The molecule has 1 aromatic rings. The molecule has 1 heterocycles. The van der Waals surface area contributed by atoms with Crippen LogP contribution in [-0.4, -0.2) is 11.1 Å². The van der Waals surface area contributed by atoms with Gasteiger partial charge in [0.2, 0.25) is 0 Å².